The fraction of sp³-hybridized carbons (Fsp3) is 0.667. The highest BCUT2D eigenvalue weighted by molar-refractivity contribution is 7.91. The van der Waals surface area contributed by atoms with E-state index >= 15 is 0 Å². The van der Waals surface area contributed by atoms with Gasteiger partial charge in [-0.05, 0) is 18.0 Å². The lowest BCUT2D eigenvalue weighted by Gasteiger charge is -2.16. The van der Waals surface area contributed by atoms with Gasteiger partial charge in [0.05, 0.1) is 11.9 Å². The van der Waals surface area contributed by atoms with Crippen LogP contribution >= 0.6 is 11.5 Å². The number of nitrogens with two attached hydrogens (primary N) is 1. The van der Waals surface area contributed by atoms with E-state index in [1.54, 1.807) is 6.92 Å². The van der Waals surface area contributed by atoms with Crippen LogP contribution in [0.1, 0.15) is 13.3 Å². The maximum absolute atomic E-state index is 11.9. The second-order valence-corrected chi connectivity index (χ2v) is 6.96. The number of hydrogen-bond acceptors (Lipinski definition) is 7. The van der Waals surface area contributed by atoms with Gasteiger partial charge in [-0.3, -0.25) is 0 Å². The van der Waals surface area contributed by atoms with Gasteiger partial charge in [0.15, 0.2) is 15.7 Å². The molecule has 8 heteroatoms. The summed E-state index contributed by atoms with van der Waals surface area (Å²) in [6, 6.07) is 0. The van der Waals surface area contributed by atoms with Crippen molar-refractivity contribution in [2.75, 3.05) is 29.5 Å². The third kappa shape index (κ3) is 2.24. The first kappa shape index (κ1) is 12.6. The monoisotopic (exact) mass is 277 g/mol. The van der Waals surface area contributed by atoms with E-state index in [1.165, 1.54) is 0 Å². The number of rotatable bonds is 3. The van der Waals surface area contributed by atoms with Gasteiger partial charge in [0, 0.05) is 13.1 Å². The molecule has 2 heterocycles. The summed E-state index contributed by atoms with van der Waals surface area (Å²) in [5.41, 5.74) is 5.64. The SMILES string of the molecule is CCS(=O)(=O)c1c(N)nsc1N1CCC(O)C1. The van der Waals surface area contributed by atoms with Crippen molar-refractivity contribution in [1.29, 1.82) is 0 Å². The molecular weight excluding hydrogens is 262 g/mol. The number of sulfone groups is 1. The Hall–Kier alpha value is -0.860. The van der Waals surface area contributed by atoms with Crippen molar-refractivity contribution in [3.8, 4) is 0 Å². The molecule has 2 rings (SSSR count). The van der Waals surface area contributed by atoms with Crippen LogP contribution in [0.5, 0.6) is 0 Å². The molecule has 0 saturated carbocycles. The summed E-state index contributed by atoms with van der Waals surface area (Å²) >= 11 is 1.08. The third-order valence-electron chi connectivity index (χ3n) is 2.80. The molecule has 96 valence electrons. The van der Waals surface area contributed by atoms with Gasteiger partial charge >= 0.3 is 0 Å². The summed E-state index contributed by atoms with van der Waals surface area (Å²) in [4.78, 5) is 1.96. The van der Waals surface area contributed by atoms with Gasteiger partial charge in [0.25, 0.3) is 0 Å². The van der Waals surface area contributed by atoms with Gasteiger partial charge in [0.1, 0.15) is 9.90 Å². The van der Waals surface area contributed by atoms with Crippen molar-refractivity contribution in [2.45, 2.75) is 24.3 Å². The molecule has 0 spiro atoms. The van der Waals surface area contributed by atoms with Gasteiger partial charge in [-0.15, -0.1) is 0 Å². The highest BCUT2D eigenvalue weighted by Crippen LogP contribution is 2.36. The van der Waals surface area contributed by atoms with E-state index in [1.807, 2.05) is 4.90 Å². The first-order valence-corrected chi connectivity index (χ1v) is 7.79. The minimum atomic E-state index is -3.37. The lowest BCUT2D eigenvalue weighted by Crippen LogP contribution is -2.22. The predicted molar refractivity (Wildman–Crippen MR) is 67.1 cm³/mol. The van der Waals surface area contributed by atoms with Crippen LogP contribution in [0.25, 0.3) is 0 Å². The van der Waals surface area contributed by atoms with Crippen LogP contribution in [0.4, 0.5) is 10.8 Å². The average molecular weight is 277 g/mol. The van der Waals surface area contributed by atoms with Crippen LogP contribution in [0.15, 0.2) is 4.90 Å². The van der Waals surface area contributed by atoms with Crippen LogP contribution in [-0.4, -0.2) is 42.8 Å². The van der Waals surface area contributed by atoms with Gasteiger partial charge in [0.2, 0.25) is 0 Å². The van der Waals surface area contributed by atoms with Crippen molar-refractivity contribution < 1.29 is 13.5 Å². The van der Waals surface area contributed by atoms with E-state index in [0.29, 0.717) is 24.5 Å². The standard InChI is InChI=1S/C9H15N3O3S2/c1-2-17(14,15)7-8(10)11-16-9(7)12-4-3-6(13)5-12/h6,13H,2-5H2,1H3,(H2,10,11). The Balaban J connectivity index is 2.43. The van der Waals surface area contributed by atoms with Crippen LogP contribution in [0, 0.1) is 0 Å². The van der Waals surface area contributed by atoms with Crippen molar-refractivity contribution in [3.05, 3.63) is 0 Å². The van der Waals surface area contributed by atoms with Crippen molar-refractivity contribution in [1.82, 2.24) is 4.37 Å². The predicted octanol–water partition coefficient (Wildman–Crippen LogP) is 0.0899. The Morgan fingerprint density at radius 1 is 1.65 bits per heavy atom. The Kier molecular flexibility index (Phi) is 3.28. The third-order valence-corrected chi connectivity index (χ3v) is 5.64. The van der Waals surface area contributed by atoms with Gasteiger partial charge in [-0.1, -0.05) is 6.92 Å². The molecule has 1 saturated heterocycles. The molecule has 17 heavy (non-hydrogen) atoms. The van der Waals surface area contributed by atoms with Gasteiger partial charge in [-0.25, -0.2) is 8.42 Å². The van der Waals surface area contributed by atoms with E-state index in [2.05, 4.69) is 4.37 Å². The number of β-amino-alcohol motifs (C(OH)–C–C–N with tert-alkyl or cyclic N) is 1. The highest BCUT2D eigenvalue weighted by atomic mass is 32.2. The molecule has 1 unspecified atom stereocenters. The number of hydrogen-bond donors (Lipinski definition) is 2. The molecular formula is C9H15N3O3S2. The maximum atomic E-state index is 11.9. The number of aliphatic hydroxyl groups excluding tert-OH is 1. The minimum Gasteiger partial charge on any atom is -0.391 e. The Morgan fingerprint density at radius 3 is 2.88 bits per heavy atom. The van der Waals surface area contributed by atoms with Gasteiger partial charge in [-0.2, -0.15) is 4.37 Å². The average Bonchev–Trinajstić information content (AvgIpc) is 2.84. The number of aromatic nitrogens is 1. The number of nitrogen functional groups attached to an aromatic ring is 1. The number of nitrogens with zero attached hydrogens (tertiary/aromatic N) is 2. The van der Waals surface area contributed by atoms with Crippen molar-refractivity contribution in [2.24, 2.45) is 0 Å². The number of anilines is 2. The molecule has 1 aliphatic heterocycles. The fourth-order valence-corrected chi connectivity index (χ4v) is 4.19. The van der Waals surface area contributed by atoms with E-state index in [-0.39, 0.29) is 16.5 Å². The Labute approximate surface area is 104 Å². The summed E-state index contributed by atoms with van der Waals surface area (Å²) in [5, 5.41) is 10.0. The molecule has 0 aromatic carbocycles. The normalized spacial score (nSPS) is 21.1. The molecule has 1 atom stereocenters. The van der Waals surface area contributed by atoms with Crippen LogP contribution in [0.3, 0.4) is 0 Å². The molecule has 0 bridgehead atoms. The summed E-state index contributed by atoms with van der Waals surface area (Å²) < 4.78 is 27.8. The maximum Gasteiger partial charge on any atom is 0.184 e. The number of aliphatic hydroxyl groups is 1. The van der Waals surface area contributed by atoms with E-state index in [4.69, 9.17) is 5.73 Å². The first-order valence-electron chi connectivity index (χ1n) is 5.36. The fourth-order valence-electron chi connectivity index (χ4n) is 1.85. The topological polar surface area (TPSA) is 96.5 Å². The molecule has 1 aromatic rings. The first-order chi connectivity index (χ1) is 7.95. The van der Waals surface area contributed by atoms with E-state index < -0.39 is 15.9 Å². The zero-order valence-electron chi connectivity index (χ0n) is 9.46. The zero-order valence-corrected chi connectivity index (χ0v) is 11.1. The van der Waals surface area contributed by atoms with Gasteiger partial charge < -0.3 is 15.7 Å². The molecule has 1 aromatic heterocycles. The van der Waals surface area contributed by atoms with Crippen LogP contribution < -0.4 is 10.6 Å². The smallest absolute Gasteiger partial charge is 0.184 e. The largest absolute Gasteiger partial charge is 0.391 e. The van der Waals surface area contributed by atoms with Crippen LogP contribution in [0.2, 0.25) is 0 Å². The molecule has 0 aliphatic carbocycles. The molecule has 6 nitrogen and oxygen atoms in total. The molecule has 0 radical (unpaired) electrons. The van der Waals surface area contributed by atoms with Crippen molar-refractivity contribution in [3.63, 3.8) is 0 Å². The lowest BCUT2D eigenvalue weighted by molar-refractivity contribution is 0.198. The zero-order chi connectivity index (χ0) is 12.6. The van der Waals surface area contributed by atoms with Crippen molar-refractivity contribution >= 4 is 32.2 Å². The molecule has 1 aliphatic rings. The second kappa shape index (κ2) is 4.43. The van der Waals surface area contributed by atoms with Crippen LogP contribution in [-0.2, 0) is 9.84 Å². The summed E-state index contributed by atoms with van der Waals surface area (Å²) in [5.74, 6) is 0.0622. The summed E-state index contributed by atoms with van der Waals surface area (Å²) in [6.45, 7) is 2.65. The molecule has 0 amide bonds. The van der Waals surface area contributed by atoms with E-state index in [0.717, 1.165) is 11.5 Å². The second-order valence-electron chi connectivity index (χ2n) is 3.99. The lowest BCUT2D eigenvalue weighted by atomic mass is 10.3. The Bertz CT molecular complexity index is 512. The minimum absolute atomic E-state index is 0.000985. The summed E-state index contributed by atoms with van der Waals surface area (Å²) in [6.07, 6.45) is 0.235. The highest BCUT2D eigenvalue weighted by Gasteiger charge is 2.30. The molecule has 3 N–H and O–H groups in total. The van der Waals surface area contributed by atoms with E-state index in [9.17, 15) is 13.5 Å². The quantitative estimate of drug-likeness (QED) is 0.813. The molecule has 1 fully saturated rings. The Morgan fingerprint density at radius 2 is 2.35 bits per heavy atom. The summed E-state index contributed by atoms with van der Waals surface area (Å²) in [7, 11) is -3.37.